The minimum Gasteiger partial charge on any atom is -0.305 e. The summed E-state index contributed by atoms with van der Waals surface area (Å²) in [5.41, 5.74) is 0.726. The molecule has 82 valence electrons. The summed E-state index contributed by atoms with van der Waals surface area (Å²) in [5.74, 6) is 1.18. The maximum absolute atomic E-state index is 3.57. The highest BCUT2D eigenvalue weighted by molar-refractivity contribution is 7.97. The number of rotatable bonds is 3. The molecule has 1 N–H and O–H groups in total. The van der Waals surface area contributed by atoms with Crippen LogP contribution in [0.3, 0.4) is 0 Å². The Labute approximate surface area is 91.9 Å². The highest BCUT2D eigenvalue weighted by Crippen LogP contribution is 2.43. The van der Waals surface area contributed by atoms with E-state index in [9.17, 15) is 0 Å². The second-order valence-electron chi connectivity index (χ2n) is 5.00. The van der Waals surface area contributed by atoms with Crippen molar-refractivity contribution in [2.75, 3.05) is 25.9 Å². The molecule has 0 aromatic carbocycles. The van der Waals surface area contributed by atoms with Crippen LogP contribution in [0.4, 0.5) is 0 Å². The van der Waals surface area contributed by atoms with Gasteiger partial charge in [-0.2, -0.15) is 0 Å². The van der Waals surface area contributed by atoms with Crippen LogP contribution < -0.4 is 4.72 Å². The first-order chi connectivity index (χ1) is 6.74. The van der Waals surface area contributed by atoms with E-state index in [1.165, 1.54) is 44.5 Å². The lowest BCUT2D eigenvalue weighted by Gasteiger charge is -2.52. The summed E-state index contributed by atoms with van der Waals surface area (Å²) in [6.45, 7) is 4.91. The van der Waals surface area contributed by atoms with Crippen molar-refractivity contribution in [1.29, 1.82) is 0 Å². The van der Waals surface area contributed by atoms with Crippen LogP contribution in [-0.2, 0) is 0 Å². The van der Waals surface area contributed by atoms with Crippen LogP contribution in [0.1, 0.15) is 32.6 Å². The van der Waals surface area contributed by atoms with E-state index in [0.29, 0.717) is 0 Å². The lowest BCUT2D eigenvalue weighted by molar-refractivity contribution is -0.0141. The maximum atomic E-state index is 3.57. The Morgan fingerprint density at radius 1 is 1.36 bits per heavy atom. The van der Waals surface area contributed by atoms with Gasteiger partial charge < -0.3 is 4.90 Å². The SMILES string of the molecule is CCSNC1CCC2(CC1)CN(C)C2. The van der Waals surface area contributed by atoms with Gasteiger partial charge in [0.25, 0.3) is 0 Å². The van der Waals surface area contributed by atoms with E-state index in [4.69, 9.17) is 0 Å². The Kier molecular flexibility index (Phi) is 3.40. The largest absolute Gasteiger partial charge is 0.305 e. The molecule has 0 aromatic heterocycles. The Morgan fingerprint density at radius 3 is 2.50 bits per heavy atom. The second kappa shape index (κ2) is 4.42. The molecule has 1 saturated heterocycles. The summed E-state index contributed by atoms with van der Waals surface area (Å²) >= 11 is 1.88. The number of hydrogen-bond donors (Lipinski definition) is 1. The van der Waals surface area contributed by atoms with Crippen molar-refractivity contribution in [2.45, 2.75) is 38.6 Å². The van der Waals surface area contributed by atoms with Gasteiger partial charge >= 0.3 is 0 Å². The third-order valence-corrected chi connectivity index (χ3v) is 4.44. The van der Waals surface area contributed by atoms with Crippen LogP contribution in [0.25, 0.3) is 0 Å². The molecule has 2 fully saturated rings. The van der Waals surface area contributed by atoms with E-state index in [1.807, 2.05) is 11.9 Å². The van der Waals surface area contributed by atoms with Gasteiger partial charge in [0, 0.05) is 24.9 Å². The predicted octanol–water partition coefficient (Wildman–Crippen LogP) is 2.12. The third-order valence-electron chi connectivity index (χ3n) is 3.65. The fourth-order valence-corrected chi connectivity index (χ4v) is 3.60. The van der Waals surface area contributed by atoms with Crippen LogP contribution >= 0.6 is 11.9 Å². The lowest BCUT2D eigenvalue weighted by Crippen LogP contribution is -2.56. The maximum Gasteiger partial charge on any atom is 0.0172 e. The summed E-state index contributed by atoms with van der Waals surface area (Å²) in [7, 11) is 2.24. The van der Waals surface area contributed by atoms with Crippen molar-refractivity contribution in [3.05, 3.63) is 0 Å². The molecule has 14 heavy (non-hydrogen) atoms. The quantitative estimate of drug-likeness (QED) is 0.725. The molecule has 1 aliphatic heterocycles. The van der Waals surface area contributed by atoms with Gasteiger partial charge in [-0.05, 0) is 38.1 Å². The monoisotopic (exact) mass is 214 g/mol. The normalized spacial score (nSPS) is 27.9. The van der Waals surface area contributed by atoms with E-state index in [2.05, 4.69) is 23.6 Å². The van der Waals surface area contributed by atoms with Gasteiger partial charge in [0.1, 0.15) is 0 Å². The molecule has 1 saturated carbocycles. The van der Waals surface area contributed by atoms with Crippen molar-refractivity contribution < 1.29 is 0 Å². The van der Waals surface area contributed by atoms with Crippen molar-refractivity contribution in [3.63, 3.8) is 0 Å². The summed E-state index contributed by atoms with van der Waals surface area (Å²) in [6.07, 6.45) is 5.67. The molecule has 0 bridgehead atoms. The van der Waals surface area contributed by atoms with Crippen molar-refractivity contribution in [3.8, 4) is 0 Å². The number of hydrogen-bond acceptors (Lipinski definition) is 3. The molecule has 1 heterocycles. The molecule has 3 heteroatoms. The smallest absolute Gasteiger partial charge is 0.0172 e. The number of likely N-dealkylation sites (tertiary alicyclic amines) is 1. The van der Waals surface area contributed by atoms with Crippen molar-refractivity contribution >= 4 is 11.9 Å². The first-order valence-electron chi connectivity index (χ1n) is 5.80. The average Bonchev–Trinajstić information content (AvgIpc) is 2.15. The zero-order valence-electron chi connectivity index (χ0n) is 9.38. The van der Waals surface area contributed by atoms with E-state index >= 15 is 0 Å². The van der Waals surface area contributed by atoms with Crippen LogP contribution in [0.2, 0.25) is 0 Å². The van der Waals surface area contributed by atoms with Gasteiger partial charge in [-0.15, -0.1) is 0 Å². The molecule has 0 amide bonds. The minimum absolute atomic E-state index is 0.726. The van der Waals surface area contributed by atoms with Crippen molar-refractivity contribution in [2.24, 2.45) is 5.41 Å². The third kappa shape index (κ3) is 2.26. The first kappa shape index (κ1) is 10.8. The van der Waals surface area contributed by atoms with Crippen LogP contribution in [0.5, 0.6) is 0 Å². The van der Waals surface area contributed by atoms with Gasteiger partial charge in [-0.25, -0.2) is 0 Å². The molecule has 2 aliphatic rings. The summed E-state index contributed by atoms with van der Waals surface area (Å²) in [6, 6.07) is 0.788. The second-order valence-corrected chi connectivity index (χ2v) is 6.10. The van der Waals surface area contributed by atoms with Gasteiger partial charge in [0.15, 0.2) is 0 Å². The van der Waals surface area contributed by atoms with Gasteiger partial charge in [0.2, 0.25) is 0 Å². The zero-order chi connectivity index (χ0) is 10.0. The van der Waals surface area contributed by atoms with Gasteiger partial charge in [0.05, 0.1) is 0 Å². The van der Waals surface area contributed by atoms with Crippen LogP contribution in [0, 0.1) is 5.41 Å². The fraction of sp³-hybridized carbons (Fsp3) is 1.00. The molecule has 2 rings (SSSR count). The van der Waals surface area contributed by atoms with Gasteiger partial charge in [-0.1, -0.05) is 18.9 Å². The Morgan fingerprint density at radius 2 is 2.00 bits per heavy atom. The topological polar surface area (TPSA) is 15.3 Å². The minimum atomic E-state index is 0.726. The predicted molar refractivity (Wildman–Crippen MR) is 63.5 cm³/mol. The summed E-state index contributed by atoms with van der Waals surface area (Å²) < 4.78 is 3.57. The number of nitrogens with zero attached hydrogens (tertiary/aromatic N) is 1. The van der Waals surface area contributed by atoms with E-state index < -0.39 is 0 Å². The molecule has 0 atom stereocenters. The van der Waals surface area contributed by atoms with Crippen LogP contribution in [0.15, 0.2) is 0 Å². The zero-order valence-corrected chi connectivity index (χ0v) is 10.2. The first-order valence-corrected chi connectivity index (χ1v) is 6.78. The lowest BCUT2D eigenvalue weighted by atomic mass is 9.68. The Hall–Kier alpha value is 0.270. The van der Waals surface area contributed by atoms with Crippen LogP contribution in [-0.4, -0.2) is 36.8 Å². The summed E-state index contributed by atoms with van der Waals surface area (Å²) in [5, 5.41) is 0. The molecule has 1 aliphatic carbocycles. The molecular formula is C11H22N2S. The summed E-state index contributed by atoms with van der Waals surface area (Å²) in [4.78, 5) is 2.45. The molecule has 0 aromatic rings. The highest BCUT2D eigenvalue weighted by Gasteiger charge is 2.43. The Bertz CT molecular complexity index is 180. The highest BCUT2D eigenvalue weighted by atomic mass is 32.2. The molecular weight excluding hydrogens is 192 g/mol. The molecule has 0 unspecified atom stereocenters. The fourth-order valence-electron chi connectivity index (χ4n) is 2.96. The average molecular weight is 214 g/mol. The van der Waals surface area contributed by atoms with E-state index in [1.54, 1.807) is 0 Å². The molecule has 0 radical (unpaired) electrons. The standard InChI is InChI=1S/C11H22N2S/c1-3-14-12-10-4-6-11(7-5-10)8-13(2)9-11/h10,12H,3-9H2,1-2H3. The number of nitrogens with one attached hydrogen (secondary N) is 1. The molecule has 1 spiro atoms. The van der Waals surface area contributed by atoms with Crippen molar-refractivity contribution in [1.82, 2.24) is 9.62 Å². The molecule has 2 nitrogen and oxygen atoms in total. The van der Waals surface area contributed by atoms with E-state index in [0.717, 1.165) is 11.5 Å². The van der Waals surface area contributed by atoms with E-state index in [-0.39, 0.29) is 0 Å². The Balaban J connectivity index is 1.70. The van der Waals surface area contributed by atoms with Gasteiger partial charge in [-0.3, -0.25) is 4.72 Å².